The van der Waals surface area contributed by atoms with Crippen molar-refractivity contribution in [3.63, 3.8) is 0 Å². The highest BCUT2D eigenvalue weighted by Gasteiger charge is 2.35. The highest BCUT2D eigenvalue weighted by atomic mass is 32.2. The molecule has 1 fully saturated rings. The van der Waals surface area contributed by atoms with E-state index in [1.54, 1.807) is 31.5 Å². The second kappa shape index (κ2) is 7.49. The van der Waals surface area contributed by atoms with Crippen LogP contribution in [0.2, 0.25) is 0 Å². The van der Waals surface area contributed by atoms with Gasteiger partial charge in [-0.05, 0) is 49.4 Å². The number of pyridine rings is 1. The summed E-state index contributed by atoms with van der Waals surface area (Å²) in [5.41, 5.74) is 1.36. The Morgan fingerprint density at radius 1 is 1.34 bits per heavy atom. The van der Waals surface area contributed by atoms with E-state index in [9.17, 15) is 18.3 Å². The number of aromatic carboxylic acids is 1. The Morgan fingerprint density at radius 3 is 2.83 bits per heavy atom. The molecule has 9 heteroatoms. The number of carbonyl (C=O) groups is 1. The minimum atomic E-state index is -3.37. The zero-order valence-corrected chi connectivity index (χ0v) is 16.5. The van der Waals surface area contributed by atoms with Crippen LogP contribution in [0.4, 0.5) is 0 Å². The third-order valence-corrected chi connectivity index (χ3v) is 6.27. The van der Waals surface area contributed by atoms with Gasteiger partial charge in [-0.3, -0.25) is 4.98 Å². The van der Waals surface area contributed by atoms with E-state index in [0.29, 0.717) is 17.1 Å². The van der Waals surface area contributed by atoms with Crippen molar-refractivity contribution in [1.29, 1.82) is 0 Å². The number of para-hydroxylation sites is 1. The topological polar surface area (TPSA) is 115 Å². The molecule has 152 valence electrons. The van der Waals surface area contributed by atoms with Gasteiger partial charge in [0.05, 0.1) is 11.8 Å². The summed E-state index contributed by atoms with van der Waals surface area (Å²) in [5, 5.41) is 9.27. The smallest absolute Gasteiger partial charge is 0.339 e. The largest absolute Gasteiger partial charge is 0.478 e. The van der Waals surface area contributed by atoms with Crippen LogP contribution in [0, 0.1) is 5.92 Å². The van der Waals surface area contributed by atoms with Gasteiger partial charge in [-0.25, -0.2) is 17.9 Å². The molecule has 2 aliphatic rings. The first-order valence-corrected chi connectivity index (χ1v) is 10.9. The number of hydrogen-bond donors (Lipinski definition) is 2. The van der Waals surface area contributed by atoms with Gasteiger partial charge < -0.3 is 14.6 Å². The van der Waals surface area contributed by atoms with Crippen molar-refractivity contribution in [2.75, 3.05) is 5.75 Å². The number of nitrogens with zero attached hydrogens (tertiary/aromatic N) is 1. The molecule has 1 aliphatic heterocycles. The number of rotatable bonds is 7. The maximum absolute atomic E-state index is 12.1. The van der Waals surface area contributed by atoms with Crippen LogP contribution in [0.25, 0.3) is 5.76 Å². The molecule has 1 atom stereocenters. The van der Waals surface area contributed by atoms with Gasteiger partial charge in [-0.15, -0.1) is 0 Å². The summed E-state index contributed by atoms with van der Waals surface area (Å²) in [6.45, 7) is 1.60. The van der Waals surface area contributed by atoms with E-state index in [1.165, 1.54) is 12.3 Å². The number of hydrogen-bond acceptors (Lipinski definition) is 6. The molecule has 0 bridgehead atoms. The van der Waals surface area contributed by atoms with E-state index < -0.39 is 16.0 Å². The van der Waals surface area contributed by atoms with E-state index in [4.69, 9.17) is 9.47 Å². The molecular formula is C20H20N2O6S. The minimum absolute atomic E-state index is 0.00689. The minimum Gasteiger partial charge on any atom is -0.478 e. The lowest BCUT2D eigenvalue weighted by Crippen LogP contribution is -2.31. The van der Waals surface area contributed by atoms with Gasteiger partial charge in [0, 0.05) is 18.0 Å². The van der Waals surface area contributed by atoms with Gasteiger partial charge in [-0.2, -0.15) is 0 Å². The van der Waals surface area contributed by atoms with Crippen molar-refractivity contribution >= 4 is 21.8 Å². The van der Waals surface area contributed by atoms with Crippen LogP contribution >= 0.6 is 0 Å². The number of carboxylic acids is 1. The standard InChI is InChI=1S/C20H20N2O6S/c1-2-29(25,26)22-18(12-6-7-12)14-8-13(9-21-10-14)17-11-27-19-15(20(23)24)4-3-5-16(19)28-17/h3-5,8-12,18,22H,2,6-7H2,1H3,(H,23,24). The van der Waals surface area contributed by atoms with Gasteiger partial charge in [0.15, 0.2) is 17.3 Å². The summed E-state index contributed by atoms with van der Waals surface area (Å²) in [7, 11) is -3.37. The van der Waals surface area contributed by atoms with Crippen molar-refractivity contribution < 1.29 is 27.8 Å². The molecule has 2 heterocycles. The zero-order valence-electron chi connectivity index (χ0n) is 15.7. The monoisotopic (exact) mass is 416 g/mol. The Morgan fingerprint density at radius 2 is 2.14 bits per heavy atom. The van der Waals surface area contributed by atoms with E-state index in [0.717, 1.165) is 18.4 Å². The Bertz CT molecular complexity index is 1090. The van der Waals surface area contributed by atoms with E-state index >= 15 is 0 Å². The van der Waals surface area contributed by atoms with Gasteiger partial charge in [0.25, 0.3) is 0 Å². The predicted octanol–water partition coefficient (Wildman–Crippen LogP) is 2.94. The molecule has 0 amide bonds. The summed E-state index contributed by atoms with van der Waals surface area (Å²) < 4.78 is 38.3. The summed E-state index contributed by atoms with van der Waals surface area (Å²) in [6, 6.07) is 6.10. The molecule has 2 aromatic rings. The first kappa shape index (κ1) is 19.4. The van der Waals surface area contributed by atoms with Crippen LogP contribution in [-0.4, -0.2) is 30.2 Å². The highest BCUT2D eigenvalue weighted by Crippen LogP contribution is 2.42. The Labute approximate surface area is 168 Å². The fraction of sp³-hybridized carbons (Fsp3) is 0.300. The Balaban J connectivity index is 1.62. The Kier molecular flexibility index (Phi) is 5.01. The summed E-state index contributed by atoms with van der Waals surface area (Å²) >= 11 is 0. The number of benzene rings is 1. The van der Waals surface area contributed by atoms with Crippen molar-refractivity contribution in [3.8, 4) is 11.5 Å². The van der Waals surface area contributed by atoms with Crippen LogP contribution in [0.1, 0.15) is 47.3 Å². The van der Waals surface area contributed by atoms with Crippen molar-refractivity contribution in [1.82, 2.24) is 9.71 Å². The molecule has 1 unspecified atom stereocenters. The van der Waals surface area contributed by atoms with Crippen molar-refractivity contribution in [2.45, 2.75) is 25.8 Å². The molecule has 2 N–H and O–H groups in total. The van der Waals surface area contributed by atoms with E-state index in [2.05, 4.69) is 9.71 Å². The summed E-state index contributed by atoms with van der Waals surface area (Å²) in [5.74, 6) is -0.0696. The molecule has 1 aromatic carbocycles. The van der Waals surface area contributed by atoms with Crippen LogP contribution in [0.15, 0.2) is 42.9 Å². The lowest BCUT2D eigenvalue weighted by atomic mass is 10.0. The molecule has 8 nitrogen and oxygen atoms in total. The summed E-state index contributed by atoms with van der Waals surface area (Å²) in [4.78, 5) is 15.6. The number of ether oxygens (including phenoxy) is 2. The van der Waals surface area contributed by atoms with Crippen LogP contribution in [0.3, 0.4) is 0 Å². The molecule has 0 radical (unpaired) electrons. The number of fused-ring (bicyclic) bond motifs is 1. The molecule has 1 aliphatic carbocycles. The average molecular weight is 416 g/mol. The van der Waals surface area contributed by atoms with Crippen molar-refractivity contribution in [2.24, 2.45) is 5.92 Å². The molecule has 1 saturated carbocycles. The third-order valence-electron chi connectivity index (χ3n) is 4.90. The maximum atomic E-state index is 12.1. The second-order valence-corrected chi connectivity index (χ2v) is 9.03. The third kappa shape index (κ3) is 4.10. The highest BCUT2D eigenvalue weighted by molar-refractivity contribution is 7.89. The molecule has 0 saturated heterocycles. The van der Waals surface area contributed by atoms with E-state index in [1.807, 2.05) is 6.07 Å². The lowest BCUT2D eigenvalue weighted by molar-refractivity contribution is 0.0693. The molecule has 0 spiro atoms. The molecule has 1 aromatic heterocycles. The summed E-state index contributed by atoms with van der Waals surface area (Å²) in [6.07, 6.45) is 6.47. The molecule has 29 heavy (non-hydrogen) atoms. The predicted molar refractivity (Wildman–Crippen MR) is 105 cm³/mol. The number of sulfonamides is 1. The van der Waals surface area contributed by atoms with Crippen LogP contribution < -0.4 is 14.2 Å². The van der Waals surface area contributed by atoms with Crippen molar-refractivity contribution in [3.05, 3.63) is 59.6 Å². The normalized spacial score (nSPS) is 16.8. The average Bonchev–Trinajstić information content (AvgIpc) is 3.56. The number of nitrogens with one attached hydrogen (secondary N) is 1. The van der Waals surface area contributed by atoms with Gasteiger partial charge in [0.1, 0.15) is 11.8 Å². The lowest BCUT2D eigenvalue weighted by Gasteiger charge is -2.21. The fourth-order valence-corrected chi connectivity index (χ4v) is 4.06. The first-order chi connectivity index (χ1) is 13.9. The van der Waals surface area contributed by atoms with Gasteiger partial charge in [0.2, 0.25) is 10.0 Å². The molecular weight excluding hydrogens is 396 g/mol. The Hall–Kier alpha value is -2.91. The fourth-order valence-electron chi connectivity index (χ4n) is 3.17. The quantitative estimate of drug-likeness (QED) is 0.713. The second-order valence-electron chi connectivity index (χ2n) is 6.98. The number of aromatic nitrogens is 1. The van der Waals surface area contributed by atoms with E-state index in [-0.39, 0.29) is 29.0 Å². The van der Waals surface area contributed by atoms with Gasteiger partial charge >= 0.3 is 5.97 Å². The maximum Gasteiger partial charge on any atom is 0.339 e. The van der Waals surface area contributed by atoms with Gasteiger partial charge in [-0.1, -0.05) is 6.07 Å². The SMILES string of the molecule is CCS(=O)(=O)NC(c1cncc(C2=COc3c(cccc3C(=O)O)O2)c1)C1CC1. The van der Waals surface area contributed by atoms with Crippen LogP contribution in [0.5, 0.6) is 11.5 Å². The van der Waals surface area contributed by atoms with Crippen LogP contribution in [-0.2, 0) is 10.0 Å². The molecule has 4 rings (SSSR count). The zero-order chi connectivity index (χ0) is 20.6. The first-order valence-electron chi connectivity index (χ1n) is 9.24. The number of carboxylic acid groups (broad SMARTS) is 1.